The first kappa shape index (κ1) is 24.3. The highest BCUT2D eigenvalue weighted by atomic mass is 79.9. The van der Waals surface area contributed by atoms with Crippen molar-refractivity contribution >= 4 is 62.5 Å². The number of carbonyl (C=O) groups excluding carboxylic acids is 2. The molecule has 2 aromatic carbocycles. The molecule has 0 atom stereocenters. The van der Waals surface area contributed by atoms with E-state index in [0.717, 1.165) is 0 Å². The van der Waals surface area contributed by atoms with Crippen LogP contribution in [0.5, 0.6) is 11.5 Å². The van der Waals surface area contributed by atoms with Gasteiger partial charge in [-0.05, 0) is 59.8 Å². The van der Waals surface area contributed by atoms with Gasteiger partial charge in [0.05, 0.1) is 30.4 Å². The smallest absolute Gasteiger partial charge is 0.341 e. The lowest BCUT2D eigenvalue weighted by molar-refractivity contribution is -0.139. The van der Waals surface area contributed by atoms with E-state index in [2.05, 4.69) is 25.7 Å². The van der Waals surface area contributed by atoms with Gasteiger partial charge in [0, 0.05) is 11.5 Å². The first-order valence-corrected chi connectivity index (χ1v) is 11.0. The van der Waals surface area contributed by atoms with Crippen LogP contribution in [0.25, 0.3) is 6.08 Å². The number of esters is 1. The van der Waals surface area contributed by atoms with Gasteiger partial charge in [-0.25, -0.2) is 14.6 Å². The van der Waals surface area contributed by atoms with Crippen molar-refractivity contribution in [2.45, 2.75) is 0 Å². The van der Waals surface area contributed by atoms with Crippen molar-refractivity contribution in [2.75, 3.05) is 27.9 Å². The van der Waals surface area contributed by atoms with Crippen LogP contribution < -0.4 is 9.47 Å². The third-order valence-corrected chi connectivity index (χ3v) is 6.18. The number of carboxylic acid groups (broad SMARTS) is 1. The van der Waals surface area contributed by atoms with Crippen molar-refractivity contribution < 1.29 is 33.7 Å². The lowest BCUT2D eigenvalue weighted by atomic mass is 10.2. The summed E-state index contributed by atoms with van der Waals surface area (Å²) in [7, 11) is 4.37. The van der Waals surface area contributed by atoms with Gasteiger partial charge in [-0.3, -0.25) is 9.69 Å². The second-order valence-corrected chi connectivity index (χ2v) is 8.48. The minimum Gasteiger partial charge on any atom is -0.493 e. The number of hydrogen-bond donors (Lipinski definition) is 1. The normalized spacial score (nSPS) is 15.8. The van der Waals surface area contributed by atoms with Crippen LogP contribution in [0.4, 0.5) is 5.69 Å². The number of amides is 1. The van der Waals surface area contributed by atoms with Gasteiger partial charge < -0.3 is 19.3 Å². The molecule has 1 fully saturated rings. The van der Waals surface area contributed by atoms with Gasteiger partial charge in [-0.1, -0.05) is 15.9 Å². The molecule has 3 rings (SSSR count). The molecule has 9 nitrogen and oxygen atoms in total. The van der Waals surface area contributed by atoms with Crippen LogP contribution in [-0.2, 0) is 14.3 Å². The number of halogens is 1. The van der Waals surface area contributed by atoms with Gasteiger partial charge >= 0.3 is 11.9 Å². The lowest BCUT2D eigenvalue weighted by Crippen LogP contribution is -2.23. The Labute approximate surface area is 202 Å². The molecule has 0 aliphatic carbocycles. The maximum absolute atomic E-state index is 12.8. The van der Waals surface area contributed by atoms with E-state index < -0.39 is 18.5 Å². The van der Waals surface area contributed by atoms with E-state index in [1.54, 1.807) is 49.5 Å². The Morgan fingerprint density at radius 1 is 1.18 bits per heavy atom. The number of aliphatic carboxylic acids is 1. The molecule has 0 bridgehead atoms. The molecule has 1 aliphatic rings. The van der Waals surface area contributed by atoms with Crippen molar-refractivity contribution in [3.8, 4) is 11.5 Å². The number of aliphatic imine (C=N–C) groups is 1. The highest BCUT2D eigenvalue weighted by molar-refractivity contribution is 9.10. The molecule has 172 valence electrons. The van der Waals surface area contributed by atoms with E-state index in [1.807, 2.05) is 0 Å². The first-order valence-electron chi connectivity index (χ1n) is 9.40. The van der Waals surface area contributed by atoms with Crippen LogP contribution in [-0.4, -0.2) is 60.9 Å². The monoisotopic (exact) mass is 534 g/mol. The molecule has 0 unspecified atom stereocenters. The number of rotatable bonds is 7. The minimum atomic E-state index is -1.11. The van der Waals surface area contributed by atoms with Gasteiger partial charge in [0.25, 0.3) is 5.91 Å². The quantitative estimate of drug-likeness (QED) is 0.419. The van der Waals surface area contributed by atoms with Crippen LogP contribution in [0.2, 0.25) is 0 Å². The van der Waals surface area contributed by atoms with E-state index in [-0.39, 0.29) is 11.7 Å². The van der Waals surface area contributed by atoms with Crippen LogP contribution in [0, 0.1) is 0 Å². The van der Waals surface area contributed by atoms with Gasteiger partial charge in [-0.15, -0.1) is 0 Å². The molecular formula is C22H19BrN2O7S. The Morgan fingerprint density at radius 3 is 2.48 bits per heavy atom. The van der Waals surface area contributed by atoms with Crippen LogP contribution in [0.1, 0.15) is 15.9 Å². The molecule has 0 spiro atoms. The number of benzene rings is 2. The van der Waals surface area contributed by atoms with Crippen LogP contribution in [0.3, 0.4) is 0 Å². The number of methoxy groups -OCH3 is 2. The molecule has 1 heterocycles. The summed E-state index contributed by atoms with van der Waals surface area (Å²) in [5.74, 6) is -1.20. The molecule has 2 aromatic rings. The fourth-order valence-electron chi connectivity index (χ4n) is 2.77. The maximum atomic E-state index is 12.8. The van der Waals surface area contributed by atoms with Gasteiger partial charge in [0.1, 0.15) is 0 Å². The predicted octanol–water partition coefficient (Wildman–Crippen LogP) is 3.94. The highest BCUT2D eigenvalue weighted by Crippen LogP contribution is 2.38. The van der Waals surface area contributed by atoms with Crippen molar-refractivity contribution in [1.82, 2.24) is 4.90 Å². The predicted molar refractivity (Wildman–Crippen MR) is 127 cm³/mol. The van der Waals surface area contributed by atoms with Gasteiger partial charge in [-0.2, -0.15) is 0 Å². The summed E-state index contributed by atoms with van der Waals surface area (Å²) in [6.07, 6.45) is 1.68. The second-order valence-electron chi connectivity index (χ2n) is 6.61. The van der Waals surface area contributed by atoms with E-state index in [9.17, 15) is 14.4 Å². The van der Waals surface area contributed by atoms with Crippen LogP contribution >= 0.6 is 27.7 Å². The average molecular weight is 535 g/mol. The zero-order valence-corrected chi connectivity index (χ0v) is 20.2. The Balaban J connectivity index is 1.86. The van der Waals surface area contributed by atoms with Crippen LogP contribution in [0.15, 0.2) is 50.8 Å². The van der Waals surface area contributed by atoms with Crippen molar-refractivity contribution in [3.63, 3.8) is 0 Å². The summed E-state index contributed by atoms with van der Waals surface area (Å²) in [4.78, 5) is 41.5. The number of carbonyl (C=O) groups is 3. The highest BCUT2D eigenvalue weighted by Gasteiger charge is 2.30. The average Bonchev–Trinajstić information content (AvgIpc) is 3.06. The minimum absolute atomic E-state index is 0.234. The van der Waals surface area contributed by atoms with Crippen molar-refractivity contribution in [1.29, 1.82) is 0 Å². The molecule has 11 heteroatoms. The molecule has 1 aliphatic heterocycles. The molecule has 1 amide bonds. The van der Waals surface area contributed by atoms with E-state index >= 15 is 0 Å². The molecular weight excluding hydrogens is 516 g/mol. The van der Waals surface area contributed by atoms with E-state index in [4.69, 9.17) is 14.6 Å². The van der Waals surface area contributed by atoms with E-state index in [1.165, 1.54) is 30.9 Å². The second kappa shape index (κ2) is 10.5. The standard InChI is InChI=1S/C22H19BrN2O7S/c1-25-20(28)18(33-22(25)24-14-6-4-12(5-7-14)21(29)31-3)9-13-8-16(30-2)17(10-15(13)23)32-11-19(26)27/h4-10H,11H2,1-3H3,(H,26,27)/b18-9-,24-22?. The number of nitrogens with zero attached hydrogens (tertiary/aromatic N) is 2. The summed E-state index contributed by atoms with van der Waals surface area (Å²) in [6, 6.07) is 9.75. The lowest BCUT2D eigenvalue weighted by Gasteiger charge is -2.11. The Morgan fingerprint density at radius 2 is 1.88 bits per heavy atom. The number of amidine groups is 1. The summed E-state index contributed by atoms with van der Waals surface area (Å²) < 4.78 is 15.8. The molecule has 33 heavy (non-hydrogen) atoms. The summed E-state index contributed by atoms with van der Waals surface area (Å²) in [5.41, 5.74) is 1.62. The third-order valence-electron chi connectivity index (χ3n) is 4.44. The fourth-order valence-corrected chi connectivity index (χ4v) is 4.18. The maximum Gasteiger partial charge on any atom is 0.341 e. The zero-order chi connectivity index (χ0) is 24.1. The number of likely N-dealkylation sites (N-methyl/N-ethyl adjacent to an activating group) is 1. The molecule has 1 N–H and O–H groups in total. The Hall–Kier alpha value is -3.31. The SMILES string of the molecule is COC(=O)c1ccc(N=C2S/C(=C\c3cc(OC)c(OCC(=O)O)cc3Br)C(=O)N2C)cc1. The van der Waals surface area contributed by atoms with Gasteiger partial charge in [0.2, 0.25) is 0 Å². The number of ether oxygens (including phenoxy) is 3. The van der Waals surface area contributed by atoms with Gasteiger partial charge in [0.15, 0.2) is 23.3 Å². The topological polar surface area (TPSA) is 115 Å². The largest absolute Gasteiger partial charge is 0.493 e. The third kappa shape index (κ3) is 5.74. The first-order chi connectivity index (χ1) is 15.7. The summed E-state index contributed by atoms with van der Waals surface area (Å²) in [5, 5.41) is 9.30. The van der Waals surface area contributed by atoms with Crippen molar-refractivity contribution in [2.24, 2.45) is 4.99 Å². The molecule has 1 saturated heterocycles. The Bertz CT molecular complexity index is 1160. The molecule has 0 saturated carbocycles. The summed E-state index contributed by atoms with van der Waals surface area (Å²) >= 11 is 4.62. The number of carboxylic acids is 1. The van der Waals surface area contributed by atoms with Crippen molar-refractivity contribution in [3.05, 3.63) is 56.9 Å². The summed E-state index contributed by atoms with van der Waals surface area (Å²) in [6.45, 7) is -0.511. The van der Waals surface area contributed by atoms with E-state index in [0.29, 0.717) is 37.1 Å². The Kier molecular flexibility index (Phi) is 7.77. The fraction of sp³-hybridized carbons (Fsp3) is 0.182. The number of hydrogen-bond acceptors (Lipinski definition) is 8. The molecule has 0 radical (unpaired) electrons. The number of thioether (sulfide) groups is 1. The zero-order valence-electron chi connectivity index (χ0n) is 17.8. The molecule has 0 aromatic heterocycles.